The van der Waals surface area contributed by atoms with Gasteiger partial charge < -0.3 is 0 Å². The van der Waals surface area contributed by atoms with E-state index in [1.165, 1.54) is 44.9 Å². The molecule has 1 heterocycles. The minimum absolute atomic E-state index is 0.204. The third-order valence-corrected chi connectivity index (χ3v) is 5.65. The first-order valence-corrected chi connectivity index (χ1v) is 10.2. The van der Waals surface area contributed by atoms with Crippen LogP contribution in [0, 0.1) is 17.8 Å². The average molecular weight is 327 g/mol. The summed E-state index contributed by atoms with van der Waals surface area (Å²) in [5, 5.41) is 0. The lowest BCUT2D eigenvalue weighted by Gasteiger charge is -2.31. The van der Waals surface area contributed by atoms with E-state index in [-0.39, 0.29) is 12.1 Å². The van der Waals surface area contributed by atoms with Gasteiger partial charge in [0.25, 0.3) is 0 Å². The Morgan fingerprint density at radius 2 is 1.95 bits per heavy atom. The van der Waals surface area contributed by atoms with Gasteiger partial charge in [0.2, 0.25) is 0 Å². The lowest BCUT2D eigenvalue weighted by Crippen LogP contribution is -2.45. The zero-order valence-corrected chi connectivity index (χ0v) is 14.5. The van der Waals surface area contributed by atoms with Crippen molar-refractivity contribution >= 4 is 10.3 Å². The van der Waals surface area contributed by atoms with Crippen LogP contribution in [0.15, 0.2) is 0 Å². The molecule has 22 heavy (non-hydrogen) atoms. The molecule has 0 spiro atoms. The summed E-state index contributed by atoms with van der Waals surface area (Å²) in [5.74, 6) is 6.82. The molecule has 5 heteroatoms. The number of unbranched alkanes of at least 4 members (excludes halogenated alkanes) is 3. The smallest absolute Gasteiger partial charge is 0.255 e. The monoisotopic (exact) mass is 327 g/mol. The van der Waals surface area contributed by atoms with Crippen molar-refractivity contribution in [2.45, 2.75) is 89.7 Å². The largest absolute Gasteiger partial charge is 0.337 e. The van der Waals surface area contributed by atoms with Gasteiger partial charge in [-0.3, -0.25) is 4.18 Å². The molecule has 1 saturated carbocycles. The molecule has 0 aromatic heterocycles. The van der Waals surface area contributed by atoms with Crippen LogP contribution < -0.4 is 4.72 Å². The summed E-state index contributed by atoms with van der Waals surface area (Å²) in [6, 6.07) is -0.283. The Balaban J connectivity index is 1.86. The van der Waals surface area contributed by atoms with Gasteiger partial charge in [-0.05, 0) is 18.8 Å². The summed E-state index contributed by atoms with van der Waals surface area (Å²) >= 11 is 0. The van der Waals surface area contributed by atoms with Gasteiger partial charge in [-0.2, -0.15) is 13.1 Å². The molecule has 2 rings (SSSR count). The van der Waals surface area contributed by atoms with Crippen LogP contribution in [0.3, 0.4) is 0 Å². The predicted molar refractivity (Wildman–Crippen MR) is 88.4 cm³/mol. The number of nitrogens with one attached hydrogen (secondary N) is 1. The van der Waals surface area contributed by atoms with E-state index in [1.807, 2.05) is 0 Å². The minimum Gasteiger partial charge on any atom is -0.255 e. The lowest BCUT2D eigenvalue weighted by molar-refractivity contribution is 0.128. The van der Waals surface area contributed by atoms with Crippen LogP contribution in [-0.2, 0) is 14.5 Å². The maximum atomic E-state index is 11.8. The highest BCUT2D eigenvalue weighted by atomic mass is 32.2. The van der Waals surface area contributed by atoms with E-state index < -0.39 is 10.3 Å². The van der Waals surface area contributed by atoms with Crippen LogP contribution in [-0.4, -0.2) is 20.6 Å². The Hall–Kier alpha value is -0.570. The maximum Gasteiger partial charge on any atom is 0.337 e. The normalized spacial score (nSPS) is 28.8. The van der Waals surface area contributed by atoms with Crippen molar-refractivity contribution in [1.82, 2.24) is 4.72 Å². The Morgan fingerprint density at radius 1 is 1.18 bits per heavy atom. The summed E-state index contributed by atoms with van der Waals surface area (Å²) < 4.78 is 31.5. The number of hydrogen-bond donors (Lipinski definition) is 1. The summed E-state index contributed by atoms with van der Waals surface area (Å²) in [5.41, 5.74) is 0. The molecule has 4 nitrogen and oxygen atoms in total. The minimum atomic E-state index is -3.63. The standard InChI is InChI=1S/C17H29NO3S/c1-2-3-4-5-9-12-16-14-17(21-22(19,20)18-16)13-15-10-7-6-8-11-15/h15-18H,2-8,10-11,13-14H2,1H3/t16-,17+/m1/s1. The topological polar surface area (TPSA) is 55.4 Å². The first-order valence-electron chi connectivity index (χ1n) is 8.78. The molecule has 0 unspecified atom stereocenters. The number of hydrogen-bond acceptors (Lipinski definition) is 3. The van der Waals surface area contributed by atoms with Crippen molar-refractivity contribution in [3.05, 3.63) is 0 Å². The first kappa shape index (κ1) is 17.8. The molecular formula is C17H29NO3S. The van der Waals surface area contributed by atoms with Crippen molar-refractivity contribution in [3.63, 3.8) is 0 Å². The quantitative estimate of drug-likeness (QED) is 0.621. The third kappa shape index (κ3) is 6.28. The Bertz CT molecular complexity index is 486. The van der Waals surface area contributed by atoms with Crippen molar-refractivity contribution in [2.24, 2.45) is 5.92 Å². The van der Waals surface area contributed by atoms with E-state index in [0.29, 0.717) is 12.3 Å². The van der Waals surface area contributed by atoms with E-state index in [1.54, 1.807) is 0 Å². The highest BCUT2D eigenvalue weighted by molar-refractivity contribution is 7.84. The van der Waals surface area contributed by atoms with Crippen molar-refractivity contribution < 1.29 is 12.6 Å². The van der Waals surface area contributed by atoms with E-state index in [0.717, 1.165) is 19.3 Å². The zero-order chi connectivity index (χ0) is 15.8. The van der Waals surface area contributed by atoms with Gasteiger partial charge in [0.05, 0.1) is 12.1 Å². The van der Waals surface area contributed by atoms with Gasteiger partial charge in [-0.15, -0.1) is 5.92 Å². The molecule has 1 N–H and O–H groups in total. The van der Waals surface area contributed by atoms with Gasteiger partial charge in [-0.1, -0.05) is 57.8 Å². The molecule has 1 aliphatic heterocycles. The van der Waals surface area contributed by atoms with Crippen LogP contribution >= 0.6 is 0 Å². The maximum absolute atomic E-state index is 11.8. The zero-order valence-electron chi connectivity index (χ0n) is 13.6. The second kappa shape index (κ2) is 8.90. The summed E-state index contributed by atoms with van der Waals surface area (Å²) in [4.78, 5) is 0. The molecule has 2 fully saturated rings. The molecule has 0 amide bonds. The molecule has 1 saturated heterocycles. The van der Waals surface area contributed by atoms with Crippen molar-refractivity contribution in [2.75, 3.05) is 0 Å². The van der Waals surface area contributed by atoms with Crippen LogP contribution in [0.25, 0.3) is 0 Å². The fourth-order valence-corrected chi connectivity index (χ4v) is 4.48. The van der Waals surface area contributed by atoms with Crippen molar-refractivity contribution in [3.8, 4) is 11.8 Å². The summed E-state index contributed by atoms with van der Waals surface area (Å²) in [7, 11) is -3.63. The second-order valence-corrected chi connectivity index (χ2v) is 7.93. The number of rotatable bonds is 5. The van der Waals surface area contributed by atoms with E-state index in [4.69, 9.17) is 4.18 Å². The van der Waals surface area contributed by atoms with Gasteiger partial charge in [0, 0.05) is 12.8 Å². The van der Waals surface area contributed by atoms with Crippen molar-refractivity contribution in [1.29, 1.82) is 0 Å². The first-order chi connectivity index (χ1) is 10.6. The highest BCUT2D eigenvalue weighted by Gasteiger charge is 2.32. The van der Waals surface area contributed by atoms with Gasteiger partial charge in [-0.25, -0.2) is 0 Å². The van der Waals surface area contributed by atoms with E-state index in [2.05, 4.69) is 23.5 Å². The molecule has 2 atom stereocenters. The second-order valence-electron chi connectivity index (χ2n) is 6.60. The van der Waals surface area contributed by atoms with E-state index >= 15 is 0 Å². The highest BCUT2D eigenvalue weighted by Crippen LogP contribution is 2.30. The Kier molecular flexibility index (Phi) is 7.20. The third-order valence-electron chi connectivity index (χ3n) is 4.55. The lowest BCUT2D eigenvalue weighted by atomic mass is 9.84. The molecular weight excluding hydrogens is 298 g/mol. The average Bonchev–Trinajstić information content (AvgIpc) is 2.46. The molecule has 2 aliphatic rings. The fraction of sp³-hybridized carbons (Fsp3) is 0.882. The van der Waals surface area contributed by atoms with Crippen LogP contribution in [0.1, 0.15) is 77.6 Å². The summed E-state index contributed by atoms with van der Waals surface area (Å²) in [6.07, 6.45) is 11.9. The fourth-order valence-electron chi connectivity index (χ4n) is 3.41. The van der Waals surface area contributed by atoms with Gasteiger partial charge in [0.15, 0.2) is 0 Å². The van der Waals surface area contributed by atoms with E-state index in [9.17, 15) is 8.42 Å². The SMILES string of the molecule is CCCCCC#C[C@@H]1C[C@H](CC2CCCCC2)OS(=O)(=O)N1. The molecule has 0 aromatic rings. The van der Waals surface area contributed by atoms with Crippen LogP contribution in [0.4, 0.5) is 0 Å². The molecule has 0 aromatic carbocycles. The molecule has 0 radical (unpaired) electrons. The van der Waals surface area contributed by atoms with Crippen LogP contribution in [0.5, 0.6) is 0 Å². The summed E-state index contributed by atoms with van der Waals surface area (Å²) in [6.45, 7) is 2.16. The Morgan fingerprint density at radius 3 is 2.68 bits per heavy atom. The molecule has 1 aliphatic carbocycles. The molecule has 0 bridgehead atoms. The predicted octanol–water partition coefficient (Wildman–Crippen LogP) is 3.53. The van der Waals surface area contributed by atoms with Crippen LogP contribution in [0.2, 0.25) is 0 Å². The van der Waals surface area contributed by atoms with Gasteiger partial charge >= 0.3 is 10.3 Å². The van der Waals surface area contributed by atoms with Gasteiger partial charge in [0.1, 0.15) is 0 Å². The Labute approximate surface area is 135 Å². The molecule has 126 valence electrons.